The molecule has 1 aliphatic heterocycles. The molecule has 0 aromatic carbocycles. The van der Waals surface area contributed by atoms with E-state index in [1.54, 1.807) is 18.2 Å². The Kier molecular flexibility index (Phi) is 2.93. The average Bonchev–Trinajstić information content (AvgIpc) is 2.76. The highest BCUT2D eigenvalue weighted by atomic mass is 79.9. The van der Waals surface area contributed by atoms with Gasteiger partial charge in [0, 0.05) is 0 Å². The van der Waals surface area contributed by atoms with Crippen molar-refractivity contribution in [3.8, 4) is 0 Å². The largest absolute Gasteiger partial charge is 0.450 e. The Morgan fingerprint density at radius 1 is 1.53 bits per heavy atom. The standard InChI is InChI=1S/C9H5BrClNO3/c10-8-2-1-5(14-8)3-6-7(4-11)12-15-9(6)13/h1-3H,4H2. The van der Waals surface area contributed by atoms with Crippen LogP contribution in [0.2, 0.25) is 0 Å². The number of alkyl halides is 1. The number of hydrogen-bond acceptors (Lipinski definition) is 4. The van der Waals surface area contributed by atoms with E-state index in [0.29, 0.717) is 21.7 Å². The van der Waals surface area contributed by atoms with Gasteiger partial charge in [0.1, 0.15) is 11.5 Å². The molecule has 0 saturated carbocycles. The predicted octanol–water partition coefficient (Wildman–Crippen LogP) is 2.58. The Morgan fingerprint density at radius 3 is 2.93 bits per heavy atom. The van der Waals surface area contributed by atoms with E-state index in [-0.39, 0.29) is 5.88 Å². The van der Waals surface area contributed by atoms with Crippen LogP contribution in [-0.4, -0.2) is 17.6 Å². The summed E-state index contributed by atoms with van der Waals surface area (Å²) in [6, 6.07) is 3.44. The van der Waals surface area contributed by atoms with Gasteiger partial charge in [-0.05, 0) is 34.1 Å². The summed E-state index contributed by atoms with van der Waals surface area (Å²) in [6.07, 6.45) is 1.54. The lowest BCUT2D eigenvalue weighted by atomic mass is 10.1. The van der Waals surface area contributed by atoms with Crippen molar-refractivity contribution >= 4 is 45.3 Å². The molecule has 0 fully saturated rings. The summed E-state index contributed by atoms with van der Waals surface area (Å²) in [6.45, 7) is 0. The van der Waals surface area contributed by atoms with Gasteiger partial charge < -0.3 is 9.25 Å². The van der Waals surface area contributed by atoms with E-state index in [2.05, 4.69) is 25.9 Å². The molecule has 1 aromatic heterocycles. The maximum atomic E-state index is 11.2. The monoisotopic (exact) mass is 289 g/mol. The van der Waals surface area contributed by atoms with Crippen LogP contribution in [0.1, 0.15) is 5.76 Å². The molecule has 0 saturated heterocycles. The summed E-state index contributed by atoms with van der Waals surface area (Å²) in [7, 11) is 0. The van der Waals surface area contributed by atoms with Crippen molar-refractivity contribution in [2.75, 3.05) is 5.88 Å². The van der Waals surface area contributed by atoms with E-state index < -0.39 is 5.97 Å². The summed E-state index contributed by atoms with van der Waals surface area (Å²) in [5.74, 6) is 0.145. The quantitative estimate of drug-likeness (QED) is 0.478. The van der Waals surface area contributed by atoms with Crippen molar-refractivity contribution in [1.29, 1.82) is 0 Å². The highest BCUT2D eigenvalue weighted by Gasteiger charge is 2.24. The highest BCUT2D eigenvalue weighted by molar-refractivity contribution is 9.10. The lowest BCUT2D eigenvalue weighted by Crippen LogP contribution is -2.06. The lowest BCUT2D eigenvalue weighted by molar-refractivity contribution is -0.136. The van der Waals surface area contributed by atoms with E-state index in [0.717, 1.165) is 0 Å². The van der Waals surface area contributed by atoms with Gasteiger partial charge in [-0.2, -0.15) is 0 Å². The van der Waals surface area contributed by atoms with Crippen LogP contribution in [0.15, 0.2) is 31.9 Å². The van der Waals surface area contributed by atoms with Crippen LogP contribution in [0.4, 0.5) is 0 Å². The van der Waals surface area contributed by atoms with E-state index in [4.69, 9.17) is 16.0 Å². The summed E-state index contributed by atoms with van der Waals surface area (Å²) in [5.41, 5.74) is 0.737. The van der Waals surface area contributed by atoms with E-state index in [1.807, 2.05) is 0 Å². The van der Waals surface area contributed by atoms with E-state index in [1.165, 1.54) is 0 Å². The molecule has 0 N–H and O–H groups in total. The van der Waals surface area contributed by atoms with Gasteiger partial charge in [0.15, 0.2) is 4.67 Å². The molecule has 78 valence electrons. The first-order chi connectivity index (χ1) is 7.20. The Hall–Kier alpha value is -1.07. The van der Waals surface area contributed by atoms with Gasteiger partial charge in [0.05, 0.1) is 11.5 Å². The molecular weight excluding hydrogens is 285 g/mol. The molecule has 1 aromatic rings. The zero-order valence-electron chi connectivity index (χ0n) is 7.37. The number of nitrogens with zero attached hydrogens (tertiary/aromatic N) is 1. The van der Waals surface area contributed by atoms with Crippen molar-refractivity contribution in [3.05, 3.63) is 28.1 Å². The molecular formula is C9H5BrClNO3. The third-order valence-corrected chi connectivity index (χ3v) is 2.46. The fourth-order valence-electron chi connectivity index (χ4n) is 1.10. The molecule has 2 rings (SSSR count). The number of carbonyl (C=O) groups excluding carboxylic acids is 1. The molecule has 0 atom stereocenters. The second-order valence-corrected chi connectivity index (χ2v) is 3.80. The number of rotatable bonds is 2. The van der Waals surface area contributed by atoms with Gasteiger partial charge in [-0.1, -0.05) is 5.16 Å². The Balaban J connectivity index is 2.33. The normalized spacial score (nSPS) is 18.1. The molecule has 1 aliphatic rings. The van der Waals surface area contributed by atoms with Crippen LogP contribution in [-0.2, 0) is 9.63 Å². The molecule has 2 heterocycles. The molecule has 15 heavy (non-hydrogen) atoms. The maximum absolute atomic E-state index is 11.2. The lowest BCUT2D eigenvalue weighted by Gasteiger charge is -1.92. The zero-order chi connectivity index (χ0) is 10.8. The predicted molar refractivity (Wildman–Crippen MR) is 58.6 cm³/mol. The second-order valence-electron chi connectivity index (χ2n) is 2.75. The molecule has 6 heteroatoms. The fraction of sp³-hybridized carbons (Fsp3) is 0.111. The van der Waals surface area contributed by atoms with Gasteiger partial charge in [0.2, 0.25) is 0 Å². The number of hydrogen-bond donors (Lipinski definition) is 0. The van der Waals surface area contributed by atoms with Gasteiger partial charge >= 0.3 is 5.97 Å². The Morgan fingerprint density at radius 2 is 2.33 bits per heavy atom. The summed E-state index contributed by atoms with van der Waals surface area (Å²) in [4.78, 5) is 15.7. The van der Waals surface area contributed by atoms with Crippen LogP contribution >= 0.6 is 27.5 Å². The SMILES string of the molecule is O=C1ON=C(CCl)C1=Cc1ccc(Br)o1. The molecule has 0 spiro atoms. The van der Waals surface area contributed by atoms with Crippen LogP contribution in [0, 0.1) is 0 Å². The van der Waals surface area contributed by atoms with Crippen molar-refractivity contribution in [2.45, 2.75) is 0 Å². The molecule has 0 radical (unpaired) electrons. The van der Waals surface area contributed by atoms with Crippen LogP contribution in [0.25, 0.3) is 6.08 Å². The average molecular weight is 290 g/mol. The van der Waals surface area contributed by atoms with Crippen molar-refractivity contribution < 1.29 is 14.0 Å². The first kappa shape index (κ1) is 10.4. The minimum absolute atomic E-state index is 0.124. The van der Waals surface area contributed by atoms with Crippen LogP contribution in [0.5, 0.6) is 0 Å². The molecule has 0 bridgehead atoms. The molecule has 0 amide bonds. The van der Waals surface area contributed by atoms with Crippen molar-refractivity contribution in [2.24, 2.45) is 5.16 Å². The summed E-state index contributed by atoms with van der Waals surface area (Å²) in [5, 5.41) is 3.53. The fourth-order valence-corrected chi connectivity index (χ4v) is 1.61. The number of halogens is 2. The van der Waals surface area contributed by atoms with Gasteiger partial charge in [0.25, 0.3) is 0 Å². The summed E-state index contributed by atoms with van der Waals surface area (Å²) < 4.78 is 5.81. The third-order valence-electron chi connectivity index (χ3n) is 1.78. The van der Waals surface area contributed by atoms with Gasteiger partial charge in [-0.15, -0.1) is 11.6 Å². The first-order valence-electron chi connectivity index (χ1n) is 4.02. The second kappa shape index (κ2) is 4.20. The smallest absolute Gasteiger partial charge is 0.367 e. The van der Waals surface area contributed by atoms with Gasteiger partial charge in [-0.25, -0.2) is 4.79 Å². The number of carbonyl (C=O) groups is 1. The van der Waals surface area contributed by atoms with Crippen molar-refractivity contribution in [3.63, 3.8) is 0 Å². The number of furan rings is 1. The maximum Gasteiger partial charge on any atom is 0.367 e. The minimum Gasteiger partial charge on any atom is -0.450 e. The van der Waals surface area contributed by atoms with Crippen LogP contribution < -0.4 is 0 Å². The third kappa shape index (κ3) is 2.13. The van der Waals surface area contributed by atoms with E-state index >= 15 is 0 Å². The highest BCUT2D eigenvalue weighted by Crippen LogP contribution is 2.20. The van der Waals surface area contributed by atoms with Crippen LogP contribution in [0.3, 0.4) is 0 Å². The van der Waals surface area contributed by atoms with Crippen molar-refractivity contribution in [1.82, 2.24) is 0 Å². The zero-order valence-corrected chi connectivity index (χ0v) is 9.71. The molecule has 0 aliphatic carbocycles. The minimum atomic E-state index is -0.516. The van der Waals surface area contributed by atoms with Gasteiger partial charge in [-0.3, -0.25) is 0 Å². The molecule has 0 unspecified atom stereocenters. The Labute approximate surface area is 98.7 Å². The molecule has 4 nitrogen and oxygen atoms in total. The van der Waals surface area contributed by atoms with E-state index in [9.17, 15) is 4.79 Å². The first-order valence-corrected chi connectivity index (χ1v) is 5.35. The topological polar surface area (TPSA) is 51.8 Å². The summed E-state index contributed by atoms with van der Waals surface area (Å²) >= 11 is 8.76. The Bertz CT molecular complexity index is 464. The number of oxime groups is 1.